The molecule has 1 amide bonds. The second-order valence-electron chi connectivity index (χ2n) is 5.57. The Balaban J connectivity index is 1.56. The van der Waals surface area contributed by atoms with Crippen LogP contribution >= 0.6 is 0 Å². The summed E-state index contributed by atoms with van der Waals surface area (Å²) in [6.45, 7) is 0.122. The van der Waals surface area contributed by atoms with Gasteiger partial charge >= 0.3 is 0 Å². The average Bonchev–Trinajstić information content (AvgIpc) is 3.33. The first-order valence-corrected chi connectivity index (χ1v) is 7.28. The summed E-state index contributed by atoms with van der Waals surface area (Å²) in [4.78, 5) is 23.2. The number of nitrogens with one attached hydrogen (secondary N) is 1. The van der Waals surface area contributed by atoms with Crippen molar-refractivity contribution in [1.29, 1.82) is 0 Å². The van der Waals surface area contributed by atoms with Gasteiger partial charge in [0.25, 0.3) is 0 Å². The van der Waals surface area contributed by atoms with E-state index in [1.165, 1.54) is 24.5 Å². The summed E-state index contributed by atoms with van der Waals surface area (Å²) in [6, 6.07) is 9.27. The van der Waals surface area contributed by atoms with Crippen LogP contribution in [0.3, 0.4) is 0 Å². The predicted octanol–water partition coefficient (Wildman–Crippen LogP) is 2.08. The smallest absolute Gasteiger partial charge is 0.226 e. The first kappa shape index (κ1) is 14.4. The van der Waals surface area contributed by atoms with Crippen LogP contribution in [0.25, 0.3) is 0 Å². The highest BCUT2D eigenvalue weighted by Gasteiger charge is 2.23. The molecule has 0 atom stereocenters. The fourth-order valence-corrected chi connectivity index (χ4v) is 2.34. The van der Waals surface area contributed by atoms with E-state index in [0.29, 0.717) is 18.1 Å². The fourth-order valence-electron chi connectivity index (χ4n) is 2.34. The summed E-state index contributed by atoms with van der Waals surface area (Å²) < 4.78 is 5.03. The molecule has 0 unspecified atom stereocenters. The number of aromatic hydroxyl groups is 1. The maximum atomic E-state index is 12.0. The molecule has 1 aromatic heterocycles. The van der Waals surface area contributed by atoms with E-state index in [4.69, 9.17) is 9.52 Å². The van der Waals surface area contributed by atoms with Crippen molar-refractivity contribution >= 4 is 5.91 Å². The standard InChI is InChI=1S/C17H17NO4/c19-15-8-14(22-10-16(15)20)9-18-17(21)7-11-2-1-3-13(6-11)12-4-5-12/h1-3,6,8,10,12,20H,4-5,7,9H2,(H,18,21). The zero-order chi connectivity index (χ0) is 15.5. The van der Waals surface area contributed by atoms with Crippen molar-refractivity contribution in [2.24, 2.45) is 0 Å². The van der Waals surface area contributed by atoms with Crippen LogP contribution in [-0.2, 0) is 17.8 Å². The molecule has 22 heavy (non-hydrogen) atoms. The molecule has 1 saturated carbocycles. The summed E-state index contributed by atoms with van der Waals surface area (Å²) in [6.07, 6.45) is 3.73. The highest BCUT2D eigenvalue weighted by atomic mass is 16.4. The van der Waals surface area contributed by atoms with E-state index in [-0.39, 0.29) is 12.5 Å². The lowest BCUT2D eigenvalue weighted by molar-refractivity contribution is -0.120. The Labute approximate surface area is 127 Å². The van der Waals surface area contributed by atoms with Crippen molar-refractivity contribution in [1.82, 2.24) is 5.32 Å². The molecule has 2 aromatic rings. The summed E-state index contributed by atoms with van der Waals surface area (Å²) >= 11 is 0. The summed E-state index contributed by atoms with van der Waals surface area (Å²) in [7, 11) is 0. The first-order valence-electron chi connectivity index (χ1n) is 7.28. The van der Waals surface area contributed by atoms with E-state index >= 15 is 0 Å². The molecule has 0 saturated heterocycles. The molecule has 0 aliphatic heterocycles. The molecule has 0 bridgehead atoms. The zero-order valence-corrected chi connectivity index (χ0v) is 12.0. The van der Waals surface area contributed by atoms with Gasteiger partial charge in [-0.15, -0.1) is 0 Å². The van der Waals surface area contributed by atoms with E-state index in [0.717, 1.165) is 11.8 Å². The summed E-state index contributed by atoms with van der Waals surface area (Å²) in [5.41, 5.74) is 1.76. The largest absolute Gasteiger partial charge is 0.502 e. The van der Waals surface area contributed by atoms with Gasteiger partial charge in [-0.05, 0) is 29.9 Å². The van der Waals surface area contributed by atoms with Crippen LogP contribution in [0, 0.1) is 0 Å². The topological polar surface area (TPSA) is 79.5 Å². The van der Waals surface area contributed by atoms with Gasteiger partial charge in [0.1, 0.15) is 12.0 Å². The van der Waals surface area contributed by atoms with Crippen molar-refractivity contribution < 1.29 is 14.3 Å². The normalized spacial score (nSPS) is 13.8. The van der Waals surface area contributed by atoms with Gasteiger partial charge in [-0.25, -0.2) is 0 Å². The molecule has 1 fully saturated rings. The number of carbonyl (C=O) groups excluding carboxylic acids is 1. The van der Waals surface area contributed by atoms with E-state index in [1.54, 1.807) is 0 Å². The maximum absolute atomic E-state index is 12.0. The van der Waals surface area contributed by atoms with Gasteiger partial charge in [0.2, 0.25) is 11.3 Å². The lowest BCUT2D eigenvalue weighted by Crippen LogP contribution is -2.25. The number of hydrogen-bond acceptors (Lipinski definition) is 4. The zero-order valence-electron chi connectivity index (χ0n) is 12.0. The number of carbonyl (C=O) groups is 1. The third-order valence-corrected chi connectivity index (χ3v) is 3.69. The summed E-state index contributed by atoms with van der Waals surface area (Å²) in [5, 5.41) is 11.8. The van der Waals surface area contributed by atoms with Gasteiger partial charge in [0.05, 0.1) is 13.0 Å². The van der Waals surface area contributed by atoms with Gasteiger partial charge < -0.3 is 14.8 Å². The molecule has 1 aliphatic rings. The highest BCUT2D eigenvalue weighted by Crippen LogP contribution is 2.40. The second kappa shape index (κ2) is 6.05. The Hall–Kier alpha value is -2.56. The van der Waals surface area contributed by atoms with Crippen LogP contribution < -0.4 is 10.7 Å². The van der Waals surface area contributed by atoms with Gasteiger partial charge in [0.15, 0.2) is 5.75 Å². The second-order valence-corrected chi connectivity index (χ2v) is 5.57. The van der Waals surface area contributed by atoms with Crippen LogP contribution in [0.15, 0.2) is 45.8 Å². The predicted molar refractivity (Wildman–Crippen MR) is 80.6 cm³/mol. The van der Waals surface area contributed by atoms with E-state index in [1.807, 2.05) is 12.1 Å². The Kier molecular flexibility index (Phi) is 3.96. The molecular weight excluding hydrogens is 282 g/mol. The molecule has 2 N–H and O–H groups in total. The average molecular weight is 299 g/mol. The van der Waals surface area contributed by atoms with Crippen LogP contribution in [0.2, 0.25) is 0 Å². The molecular formula is C17H17NO4. The lowest BCUT2D eigenvalue weighted by atomic mass is 10.0. The van der Waals surface area contributed by atoms with Crippen molar-refractivity contribution in [2.75, 3.05) is 0 Å². The van der Waals surface area contributed by atoms with E-state index in [2.05, 4.69) is 17.4 Å². The lowest BCUT2D eigenvalue weighted by Gasteiger charge is -2.06. The Morgan fingerprint density at radius 1 is 1.32 bits per heavy atom. The molecule has 1 aromatic carbocycles. The van der Waals surface area contributed by atoms with Crippen molar-refractivity contribution in [3.05, 3.63) is 63.7 Å². The monoisotopic (exact) mass is 299 g/mol. The third-order valence-electron chi connectivity index (χ3n) is 3.69. The molecule has 0 spiro atoms. The molecule has 1 heterocycles. The molecule has 5 heteroatoms. The fraction of sp³-hybridized carbons (Fsp3) is 0.294. The van der Waals surface area contributed by atoms with Gasteiger partial charge in [-0.2, -0.15) is 0 Å². The van der Waals surface area contributed by atoms with Crippen LogP contribution in [0.4, 0.5) is 0 Å². The number of rotatable bonds is 5. The first-order chi connectivity index (χ1) is 10.6. The maximum Gasteiger partial charge on any atom is 0.226 e. The molecule has 1 aliphatic carbocycles. The molecule has 5 nitrogen and oxygen atoms in total. The van der Waals surface area contributed by atoms with Crippen LogP contribution in [0.5, 0.6) is 5.75 Å². The van der Waals surface area contributed by atoms with Gasteiger partial charge in [-0.1, -0.05) is 24.3 Å². The third kappa shape index (κ3) is 3.55. The Bertz CT molecular complexity index is 746. The Morgan fingerprint density at radius 3 is 2.86 bits per heavy atom. The van der Waals surface area contributed by atoms with Crippen molar-refractivity contribution in [3.63, 3.8) is 0 Å². The van der Waals surface area contributed by atoms with E-state index in [9.17, 15) is 9.59 Å². The minimum Gasteiger partial charge on any atom is -0.502 e. The number of amides is 1. The summed E-state index contributed by atoms with van der Waals surface area (Å²) in [5.74, 6) is 0.396. The molecule has 3 rings (SSSR count). The quantitative estimate of drug-likeness (QED) is 0.886. The molecule has 0 radical (unpaired) electrons. The SMILES string of the molecule is O=C(Cc1cccc(C2CC2)c1)NCc1cc(=O)c(O)co1. The van der Waals surface area contributed by atoms with Crippen molar-refractivity contribution in [2.45, 2.75) is 31.7 Å². The number of benzene rings is 1. The van der Waals surface area contributed by atoms with Crippen molar-refractivity contribution in [3.8, 4) is 5.75 Å². The highest BCUT2D eigenvalue weighted by molar-refractivity contribution is 5.78. The molecule has 114 valence electrons. The van der Waals surface area contributed by atoms with Crippen LogP contribution in [-0.4, -0.2) is 11.0 Å². The Morgan fingerprint density at radius 2 is 2.14 bits per heavy atom. The van der Waals surface area contributed by atoms with Gasteiger partial charge in [0, 0.05) is 6.07 Å². The minimum absolute atomic E-state index is 0.122. The van der Waals surface area contributed by atoms with Crippen LogP contribution in [0.1, 0.15) is 35.6 Å². The number of hydrogen-bond donors (Lipinski definition) is 2. The van der Waals surface area contributed by atoms with Gasteiger partial charge in [-0.3, -0.25) is 9.59 Å². The van der Waals surface area contributed by atoms with E-state index < -0.39 is 11.2 Å². The minimum atomic E-state index is -0.521.